The van der Waals surface area contributed by atoms with Gasteiger partial charge < -0.3 is 10.2 Å². The van der Waals surface area contributed by atoms with Crippen molar-refractivity contribution in [1.82, 2.24) is 10.2 Å². The molecule has 0 spiro atoms. The van der Waals surface area contributed by atoms with Gasteiger partial charge in [-0.05, 0) is 57.1 Å². The van der Waals surface area contributed by atoms with E-state index in [2.05, 4.69) is 43.4 Å². The van der Waals surface area contributed by atoms with Gasteiger partial charge in [-0.15, -0.1) is 0 Å². The van der Waals surface area contributed by atoms with E-state index in [4.69, 9.17) is 0 Å². The van der Waals surface area contributed by atoms with Crippen LogP contribution in [0.4, 0.5) is 0 Å². The monoisotopic (exact) mass is 328 g/mol. The minimum absolute atomic E-state index is 0.0276. The van der Waals surface area contributed by atoms with Crippen molar-refractivity contribution >= 4 is 11.8 Å². The van der Waals surface area contributed by atoms with Crippen LogP contribution >= 0.6 is 0 Å². The molecule has 2 aliphatic rings. The maximum absolute atomic E-state index is 12.6. The molecule has 3 rings (SSSR count). The highest BCUT2D eigenvalue weighted by Gasteiger charge is 2.36. The molecule has 24 heavy (non-hydrogen) atoms. The number of likely N-dealkylation sites (tertiary alicyclic amines) is 1. The van der Waals surface area contributed by atoms with E-state index in [1.165, 1.54) is 11.1 Å². The lowest BCUT2D eigenvalue weighted by atomic mass is 9.88. The zero-order valence-electron chi connectivity index (χ0n) is 15.0. The Balaban J connectivity index is 1.55. The molecule has 0 aromatic heterocycles. The van der Waals surface area contributed by atoms with E-state index in [1.807, 2.05) is 6.92 Å². The second-order valence-electron chi connectivity index (χ2n) is 7.95. The third-order valence-corrected chi connectivity index (χ3v) is 5.36. The molecular weight excluding hydrogens is 300 g/mol. The lowest BCUT2D eigenvalue weighted by Crippen LogP contribution is -2.47. The molecule has 0 saturated carbocycles. The molecule has 4 nitrogen and oxygen atoms in total. The van der Waals surface area contributed by atoms with Crippen LogP contribution in [0.25, 0.3) is 0 Å². The Labute approximate surface area is 144 Å². The Morgan fingerprint density at radius 1 is 1.21 bits per heavy atom. The maximum atomic E-state index is 12.6. The van der Waals surface area contributed by atoms with Crippen molar-refractivity contribution in [1.29, 1.82) is 0 Å². The van der Waals surface area contributed by atoms with Gasteiger partial charge in [-0.25, -0.2) is 0 Å². The highest BCUT2D eigenvalue weighted by Crippen LogP contribution is 2.32. The first-order valence-electron chi connectivity index (χ1n) is 9.04. The second-order valence-corrected chi connectivity index (χ2v) is 7.95. The molecule has 2 amide bonds. The maximum Gasteiger partial charge on any atom is 0.225 e. The van der Waals surface area contributed by atoms with Gasteiger partial charge >= 0.3 is 0 Å². The Hall–Kier alpha value is -1.84. The number of benzene rings is 1. The van der Waals surface area contributed by atoms with Gasteiger partial charge in [0.15, 0.2) is 0 Å². The average molecular weight is 328 g/mol. The minimum Gasteiger partial charge on any atom is -0.351 e. The first-order chi connectivity index (χ1) is 11.4. The molecule has 4 heteroatoms. The smallest absolute Gasteiger partial charge is 0.225 e. The van der Waals surface area contributed by atoms with Gasteiger partial charge in [0, 0.05) is 25.0 Å². The van der Waals surface area contributed by atoms with Crippen molar-refractivity contribution in [3.8, 4) is 0 Å². The van der Waals surface area contributed by atoms with E-state index in [9.17, 15) is 9.59 Å². The Kier molecular flexibility index (Phi) is 4.66. The zero-order valence-corrected chi connectivity index (χ0v) is 15.0. The molecule has 0 radical (unpaired) electrons. The predicted molar refractivity (Wildman–Crippen MR) is 94.5 cm³/mol. The van der Waals surface area contributed by atoms with Crippen LogP contribution < -0.4 is 5.32 Å². The van der Waals surface area contributed by atoms with Crippen LogP contribution in [0.5, 0.6) is 0 Å². The minimum atomic E-state index is -0.244. The van der Waals surface area contributed by atoms with Gasteiger partial charge in [0.2, 0.25) is 11.8 Å². The highest BCUT2D eigenvalue weighted by molar-refractivity contribution is 5.89. The predicted octanol–water partition coefficient (Wildman–Crippen LogP) is 2.55. The van der Waals surface area contributed by atoms with Crippen LogP contribution in [-0.4, -0.2) is 35.3 Å². The number of hydrogen-bond acceptors (Lipinski definition) is 2. The number of amides is 2. The van der Waals surface area contributed by atoms with Crippen LogP contribution in [0.3, 0.4) is 0 Å². The van der Waals surface area contributed by atoms with Gasteiger partial charge in [-0.1, -0.05) is 24.3 Å². The summed E-state index contributed by atoms with van der Waals surface area (Å²) in [6.45, 7) is 7.41. The summed E-state index contributed by atoms with van der Waals surface area (Å²) in [5.74, 6) is 0.508. The van der Waals surface area contributed by atoms with Crippen molar-refractivity contribution in [2.24, 2.45) is 11.8 Å². The molecule has 1 aromatic carbocycles. The molecule has 1 N–H and O–H groups in total. The Bertz CT molecular complexity index is 613. The standard InChI is InChI=1S/C20H28N2O2/c1-4-22-13-17(11-18(22)23)19(24)21-20(2,3)12-14-9-15-7-5-6-8-16(15)10-14/h5-8,14,17H,4,9-13H2,1-3H3,(H,21,24)/t17-/m1/s1. The fourth-order valence-electron chi connectivity index (χ4n) is 4.26. The van der Waals surface area contributed by atoms with Crippen molar-refractivity contribution in [3.63, 3.8) is 0 Å². The second kappa shape index (κ2) is 6.58. The van der Waals surface area contributed by atoms with Gasteiger partial charge in [0.25, 0.3) is 0 Å². The highest BCUT2D eigenvalue weighted by atomic mass is 16.2. The molecule has 1 saturated heterocycles. The van der Waals surface area contributed by atoms with E-state index in [1.54, 1.807) is 4.90 Å². The lowest BCUT2D eigenvalue weighted by molar-refractivity contribution is -0.129. The van der Waals surface area contributed by atoms with Crippen molar-refractivity contribution < 1.29 is 9.59 Å². The molecule has 130 valence electrons. The lowest BCUT2D eigenvalue weighted by Gasteiger charge is -2.30. The number of hydrogen-bond donors (Lipinski definition) is 1. The van der Waals surface area contributed by atoms with E-state index in [0.717, 1.165) is 19.3 Å². The molecule has 1 aliphatic heterocycles. The quantitative estimate of drug-likeness (QED) is 0.903. The molecule has 0 unspecified atom stereocenters. The average Bonchev–Trinajstić information content (AvgIpc) is 3.08. The SMILES string of the molecule is CCN1C[C@H](C(=O)NC(C)(C)CC2Cc3ccccc3C2)CC1=O. The van der Waals surface area contributed by atoms with Crippen molar-refractivity contribution in [2.45, 2.75) is 52.0 Å². The summed E-state index contributed by atoms with van der Waals surface area (Å²) >= 11 is 0. The van der Waals surface area contributed by atoms with Crippen LogP contribution in [-0.2, 0) is 22.4 Å². The van der Waals surface area contributed by atoms with E-state index in [-0.39, 0.29) is 23.3 Å². The first kappa shape index (κ1) is 17.0. The molecule has 1 atom stereocenters. The van der Waals surface area contributed by atoms with E-state index >= 15 is 0 Å². The van der Waals surface area contributed by atoms with E-state index < -0.39 is 0 Å². The van der Waals surface area contributed by atoms with Crippen LogP contribution in [0.2, 0.25) is 0 Å². The largest absolute Gasteiger partial charge is 0.351 e. The van der Waals surface area contributed by atoms with Crippen molar-refractivity contribution in [3.05, 3.63) is 35.4 Å². The van der Waals surface area contributed by atoms with E-state index in [0.29, 0.717) is 25.4 Å². The molecular formula is C20H28N2O2. The number of carbonyl (C=O) groups is 2. The number of fused-ring (bicyclic) bond motifs is 1. The number of nitrogens with zero attached hydrogens (tertiary/aromatic N) is 1. The molecule has 1 heterocycles. The number of nitrogens with one attached hydrogen (secondary N) is 1. The zero-order chi connectivity index (χ0) is 17.3. The van der Waals surface area contributed by atoms with Gasteiger partial charge in [0.05, 0.1) is 5.92 Å². The third-order valence-electron chi connectivity index (χ3n) is 5.36. The number of carbonyl (C=O) groups excluding carboxylic acids is 2. The molecule has 1 aromatic rings. The summed E-state index contributed by atoms with van der Waals surface area (Å²) in [6.07, 6.45) is 3.51. The molecule has 1 fully saturated rings. The summed E-state index contributed by atoms with van der Waals surface area (Å²) < 4.78 is 0. The third kappa shape index (κ3) is 3.63. The summed E-state index contributed by atoms with van der Waals surface area (Å²) in [5.41, 5.74) is 2.65. The van der Waals surface area contributed by atoms with Crippen LogP contribution in [0, 0.1) is 11.8 Å². The summed E-state index contributed by atoms with van der Waals surface area (Å²) in [7, 11) is 0. The normalized spacial score (nSPS) is 21.2. The van der Waals surface area contributed by atoms with Gasteiger partial charge in [-0.3, -0.25) is 9.59 Å². The first-order valence-corrected chi connectivity index (χ1v) is 9.04. The summed E-state index contributed by atoms with van der Waals surface area (Å²) in [6, 6.07) is 8.63. The topological polar surface area (TPSA) is 49.4 Å². The number of rotatable bonds is 5. The van der Waals surface area contributed by atoms with Gasteiger partial charge in [-0.2, -0.15) is 0 Å². The van der Waals surface area contributed by atoms with Crippen molar-refractivity contribution in [2.75, 3.05) is 13.1 Å². The fraction of sp³-hybridized carbons (Fsp3) is 0.600. The summed E-state index contributed by atoms with van der Waals surface area (Å²) in [4.78, 5) is 26.2. The fourth-order valence-corrected chi connectivity index (χ4v) is 4.26. The van der Waals surface area contributed by atoms with Crippen LogP contribution in [0.15, 0.2) is 24.3 Å². The Morgan fingerprint density at radius 3 is 2.38 bits per heavy atom. The molecule has 0 bridgehead atoms. The van der Waals surface area contributed by atoms with Crippen LogP contribution in [0.1, 0.15) is 44.7 Å². The Morgan fingerprint density at radius 2 is 1.83 bits per heavy atom. The summed E-state index contributed by atoms with van der Waals surface area (Å²) in [5, 5.41) is 3.20. The van der Waals surface area contributed by atoms with Gasteiger partial charge in [0.1, 0.15) is 0 Å². The molecule has 1 aliphatic carbocycles.